The second kappa shape index (κ2) is 5.56. The Kier molecular flexibility index (Phi) is 3.64. The lowest BCUT2D eigenvalue weighted by atomic mass is 10.2. The highest BCUT2D eigenvalue weighted by Gasteiger charge is 2.03. The molecular weight excluding hydrogens is 242 g/mol. The van der Waals surface area contributed by atoms with E-state index in [4.69, 9.17) is 5.26 Å². The minimum absolute atomic E-state index is 0.0798. The molecule has 2 rings (SSSR count). The molecule has 2 amide bonds. The van der Waals surface area contributed by atoms with E-state index in [1.165, 1.54) is 12.1 Å². The van der Waals surface area contributed by atoms with Gasteiger partial charge in [-0.25, -0.2) is 4.79 Å². The van der Waals surface area contributed by atoms with Gasteiger partial charge in [-0.2, -0.15) is 5.26 Å². The summed E-state index contributed by atoms with van der Waals surface area (Å²) in [5.74, 6) is 0.0798. The molecular formula is C14H11N3O2. The van der Waals surface area contributed by atoms with Gasteiger partial charge in [0.05, 0.1) is 11.6 Å². The summed E-state index contributed by atoms with van der Waals surface area (Å²) in [6.07, 6.45) is 0. The molecule has 0 aromatic heterocycles. The van der Waals surface area contributed by atoms with Crippen LogP contribution < -0.4 is 10.6 Å². The van der Waals surface area contributed by atoms with E-state index in [1.807, 2.05) is 6.07 Å². The van der Waals surface area contributed by atoms with E-state index in [9.17, 15) is 9.90 Å². The first kappa shape index (κ1) is 12.5. The molecule has 0 radical (unpaired) electrons. The third-order valence-corrected chi connectivity index (χ3v) is 2.38. The zero-order valence-corrected chi connectivity index (χ0v) is 9.92. The highest BCUT2D eigenvalue weighted by Crippen LogP contribution is 2.16. The van der Waals surface area contributed by atoms with Gasteiger partial charge in [-0.05, 0) is 36.4 Å². The first-order valence-electron chi connectivity index (χ1n) is 5.54. The van der Waals surface area contributed by atoms with E-state index in [1.54, 1.807) is 36.4 Å². The zero-order chi connectivity index (χ0) is 13.7. The van der Waals surface area contributed by atoms with Crippen LogP contribution in [-0.2, 0) is 0 Å². The predicted octanol–water partition coefficient (Wildman–Crippen LogP) is 2.91. The van der Waals surface area contributed by atoms with Crippen molar-refractivity contribution in [3.8, 4) is 11.8 Å². The standard InChI is InChI=1S/C14H11N3O2/c15-9-10-4-6-11(7-5-10)16-14(19)17-12-2-1-3-13(18)8-12/h1-8,18H,(H2,16,17,19). The van der Waals surface area contributed by atoms with Gasteiger partial charge in [0.15, 0.2) is 0 Å². The molecule has 0 fully saturated rings. The number of phenols is 1. The van der Waals surface area contributed by atoms with Crippen molar-refractivity contribution < 1.29 is 9.90 Å². The maximum Gasteiger partial charge on any atom is 0.323 e. The lowest BCUT2D eigenvalue weighted by Crippen LogP contribution is -2.19. The van der Waals surface area contributed by atoms with Crippen LogP contribution in [-0.4, -0.2) is 11.1 Å². The molecule has 2 aromatic carbocycles. The van der Waals surface area contributed by atoms with Crippen LogP contribution in [0, 0.1) is 11.3 Å². The molecule has 0 bridgehead atoms. The van der Waals surface area contributed by atoms with Gasteiger partial charge in [0.1, 0.15) is 5.75 Å². The normalized spacial score (nSPS) is 9.42. The van der Waals surface area contributed by atoms with E-state index in [0.717, 1.165) is 0 Å². The molecule has 5 heteroatoms. The van der Waals surface area contributed by atoms with Crippen LogP contribution in [0.5, 0.6) is 5.75 Å². The van der Waals surface area contributed by atoms with Gasteiger partial charge in [0.2, 0.25) is 0 Å². The minimum Gasteiger partial charge on any atom is -0.508 e. The van der Waals surface area contributed by atoms with E-state index in [0.29, 0.717) is 16.9 Å². The third kappa shape index (κ3) is 3.48. The summed E-state index contributed by atoms with van der Waals surface area (Å²) in [4.78, 5) is 11.7. The Labute approximate surface area is 110 Å². The third-order valence-electron chi connectivity index (χ3n) is 2.38. The second-order valence-electron chi connectivity index (χ2n) is 3.82. The monoisotopic (exact) mass is 253 g/mol. The van der Waals surface area contributed by atoms with Gasteiger partial charge < -0.3 is 15.7 Å². The highest BCUT2D eigenvalue weighted by atomic mass is 16.3. The van der Waals surface area contributed by atoms with Gasteiger partial charge in [-0.3, -0.25) is 0 Å². The number of benzene rings is 2. The number of nitrogens with zero attached hydrogens (tertiary/aromatic N) is 1. The number of hydrogen-bond donors (Lipinski definition) is 3. The topological polar surface area (TPSA) is 85.2 Å². The number of nitrogens with one attached hydrogen (secondary N) is 2. The van der Waals surface area contributed by atoms with Gasteiger partial charge in [0.25, 0.3) is 0 Å². The van der Waals surface area contributed by atoms with Crippen LogP contribution in [0.25, 0.3) is 0 Å². The minimum atomic E-state index is -0.421. The van der Waals surface area contributed by atoms with E-state index >= 15 is 0 Å². The molecule has 0 aliphatic carbocycles. The predicted molar refractivity (Wildman–Crippen MR) is 71.9 cm³/mol. The van der Waals surface area contributed by atoms with Crippen LogP contribution in [0.4, 0.5) is 16.2 Å². The summed E-state index contributed by atoms with van der Waals surface area (Å²) in [7, 11) is 0. The number of aromatic hydroxyl groups is 1. The van der Waals surface area contributed by atoms with Crippen LogP contribution in [0.2, 0.25) is 0 Å². The van der Waals surface area contributed by atoms with E-state index < -0.39 is 6.03 Å². The van der Waals surface area contributed by atoms with Crippen molar-refractivity contribution in [3.63, 3.8) is 0 Å². The summed E-state index contributed by atoms with van der Waals surface area (Å²) >= 11 is 0. The maximum atomic E-state index is 11.7. The van der Waals surface area contributed by atoms with Crippen molar-refractivity contribution in [2.45, 2.75) is 0 Å². The summed E-state index contributed by atoms with van der Waals surface area (Å²) in [6, 6.07) is 14.3. The molecule has 5 nitrogen and oxygen atoms in total. The fourth-order valence-corrected chi connectivity index (χ4v) is 1.51. The van der Waals surface area contributed by atoms with Gasteiger partial charge >= 0.3 is 6.03 Å². The number of carbonyl (C=O) groups excluding carboxylic acids is 1. The Bertz CT molecular complexity index is 630. The SMILES string of the molecule is N#Cc1ccc(NC(=O)Nc2cccc(O)c2)cc1. The Hall–Kier alpha value is -3.00. The fraction of sp³-hybridized carbons (Fsp3) is 0. The molecule has 3 N–H and O–H groups in total. The zero-order valence-electron chi connectivity index (χ0n) is 9.92. The Morgan fingerprint density at radius 1 is 1.05 bits per heavy atom. The molecule has 0 saturated heterocycles. The molecule has 0 aliphatic heterocycles. The molecule has 0 saturated carbocycles. The first-order valence-corrected chi connectivity index (χ1v) is 5.54. The summed E-state index contributed by atoms with van der Waals surface area (Å²) < 4.78 is 0. The Morgan fingerprint density at radius 3 is 2.37 bits per heavy atom. The molecule has 94 valence electrons. The number of carbonyl (C=O) groups is 1. The number of nitriles is 1. The van der Waals surface area contributed by atoms with Gasteiger partial charge in [-0.15, -0.1) is 0 Å². The van der Waals surface area contributed by atoms with Crippen molar-refractivity contribution in [3.05, 3.63) is 54.1 Å². The average Bonchev–Trinajstić information content (AvgIpc) is 2.39. The quantitative estimate of drug-likeness (QED) is 0.769. The molecule has 0 aliphatic rings. The van der Waals surface area contributed by atoms with Crippen molar-refractivity contribution in [2.24, 2.45) is 0 Å². The number of anilines is 2. The average molecular weight is 253 g/mol. The maximum absolute atomic E-state index is 11.7. The Balaban J connectivity index is 1.99. The van der Waals surface area contributed by atoms with Crippen LogP contribution >= 0.6 is 0 Å². The van der Waals surface area contributed by atoms with Crippen molar-refractivity contribution in [1.29, 1.82) is 5.26 Å². The summed E-state index contributed by atoms with van der Waals surface area (Å²) in [5.41, 5.74) is 1.60. The number of urea groups is 1. The number of rotatable bonds is 2. The molecule has 19 heavy (non-hydrogen) atoms. The van der Waals surface area contributed by atoms with E-state index in [2.05, 4.69) is 10.6 Å². The largest absolute Gasteiger partial charge is 0.508 e. The van der Waals surface area contributed by atoms with E-state index in [-0.39, 0.29) is 5.75 Å². The summed E-state index contributed by atoms with van der Waals surface area (Å²) in [5, 5.41) is 23.1. The fourth-order valence-electron chi connectivity index (χ4n) is 1.51. The van der Waals surface area contributed by atoms with Crippen LogP contribution in [0.1, 0.15) is 5.56 Å². The van der Waals surface area contributed by atoms with Crippen LogP contribution in [0.15, 0.2) is 48.5 Å². The lowest BCUT2D eigenvalue weighted by molar-refractivity contribution is 0.262. The lowest BCUT2D eigenvalue weighted by Gasteiger charge is -2.07. The molecule has 0 unspecified atom stereocenters. The van der Waals surface area contributed by atoms with Gasteiger partial charge in [0, 0.05) is 17.4 Å². The smallest absolute Gasteiger partial charge is 0.323 e. The van der Waals surface area contributed by atoms with Gasteiger partial charge in [-0.1, -0.05) is 6.07 Å². The molecule has 0 heterocycles. The second-order valence-corrected chi connectivity index (χ2v) is 3.82. The summed E-state index contributed by atoms with van der Waals surface area (Å²) in [6.45, 7) is 0. The molecule has 0 atom stereocenters. The molecule has 0 spiro atoms. The van der Waals surface area contributed by atoms with Crippen molar-refractivity contribution >= 4 is 17.4 Å². The number of hydrogen-bond acceptors (Lipinski definition) is 3. The van der Waals surface area contributed by atoms with Crippen LogP contribution in [0.3, 0.4) is 0 Å². The highest BCUT2D eigenvalue weighted by molar-refractivity contribution is 5.99. The number of phenolic OH excluding ortho intramolecular Hbond substituents is 1. The first-order chi connectivity index (χ1) is 9.17. The number of amides is 2. The Morgan fingerprint density at radius 2 is 1.74 bits per heavy atom. The van der Waals surface area contributed by atoms with Crippen molar-refractivity contribution in [2.75, 3.05) is 10.6 Å². The van der Waals surface area contributed by atoms with Crippen molar-refractivity contribution in [1.82, 2.24) is 0 Å². The molecule has 2 aromatic rings.